The topological polar surface area (TPSA) is 65.8 Å². The van der Waals surface area contributed by atoms with Crippen molar-refractivity contribution in [2.75, 3.05) is 0 Å². The fourth-order valence-electron chi connectivity index (χ4n) is 1.50. The van der Waals surface area contributed by atoms with E-state index in [2.05, 4.69) is 26.2 Å². The van der Waals surface area contributed by atoms with E-state index in [1.807, 2.05) is 18.2 Å². The van der Waals surface area contributed by atoms with Gasteiger partial charge in [-0.3, -0.25) is 4.79 Å². The molecule has 0 saturated carbocycles. The minimum absolute atomic E-state index is 0.231. The summed E-state index contributed by atoms with van der Waals surface area (Å²) in [7, 11) is 0. The molecular formula is C14H10BrN3O. The van der Waals surface area contributed by atoms with Crippen molar-refractivity contribution in [1.29, 1.82) is 5.26 Å². The molecule has 0 aliphatic heterocycles. The zero-order valence-corrected chi connectivity index (χ0v) is 11.5. The van der Waals surface area contributed by atoms with E-state index in [9.17, 15) is 4.79 Å². The van der Waals surface area contributed by atoms with Gasteiger partial charge in [-0.15, -0.1) is 0 Å². The van der Waals surface area contributed by atoms with Crippen molar-refractivity contribution in [2.45, 2.75) is 6.54 Å². The second-order valence-corrected chi connectivity index (χ2v) is 4.65. The largest absolute Gasteiger partial charge is 0.347 e. The van der Waals surface area contributed by atoms with E-state index in [0.29, 0.717) is 22.4 Å². The number of pyridine rings is 1. The van der Waals surface area contributed by atoms with Crippen LogP contribution in [0.4, 0.5) is 0 Å². The standard InChI is InChI=1S/C14H10BrN3O/c15-13-3-1-2-12(18-13)14(19)17-9-11-6-4-10(8-16)5-7-11/h1-7H,9H2,(H,17,19). The third kappa shape index (κ3) is 3.63. The number of nitrogens with zero attached hydrogens (tertiary/aromatic N) is 2. The van der Waals surface area contributed by atoms with Gasteiger partial charge in [-0.05, 0) is 45.8 Å². The van der Waals surface area contributed by atoms with E-state index >= 15 is 0 Å². The molecule has 0 atom stereocenters. The van der Waals surface area contributed by atoms with E-state index in [4.69, 9.17) is 5.26 Å². The molecule has 4 nitrogen and oxygen atoms in total. The Balaban J connectivity index is 1.98. The van der Waals surface area contributed by atoms with E-state index in [0.717, 1.165) is 5.56 Å². The SMILES string of the molecule is N#Cc1ccc(CNC(=O)c2cccc(Br)n2)cc1. The van der Waals surface area contributed by atoms with Gasteiger partial charge in [0, 0.05) is 6.54 Å². The Kier molecular flexibility index (Phi) is 4.26. The number of benzene rings is 1. The van der Waals surface area contributed by atoms with Gasteiger partial charge in [-0.2, -0.15) is 5.26 Å². The van der Waals surface area contributed by atoms with Gasteiger partial charge in [0.05, 0.1) is 11.6 Å². The van der Waals surface area contributed by atoms with Crippen LogP contribution in [0.5, 0.6) is 0 Å². The molecule has 5 heteroatoms. The predicted octanol–water partition coefficient (Wildman–Crippen LogP) is 2.65. The molecule has 1 N–H and O–H groups in total. The first-order chi connectivity index (χ1) is 9.19. The lowest BCUT2D eigenvalue weighted by atomic mass is 10.1. The molecule has 0 radical (unpaired) electrons. The van der Waals surface area contributed by atoms with Crippen molar-refractivity contribution in [3.63, 3.8) is 0 Å². The van der Waals surface area contributed by atoms with E-state index in [1.54, 1.807) is 30.3 Å². The van der Waals surface area contributed by atoms with Crippen LogP contribution in [-0.4, -0.2) is 10.9 Å². The van der Waals surface area contributed by atoms with Crippen molar-refractivity contribution >= 4 is 21.8 Å². The Morgan fingerprint density at radius 3 is 2.63 bits per heavy atom. The third-order valence-corrected chi connectivity index (χ3v) is 2.93. The number of carbonyl (C=O) groups excluding carboxylic acids is 1. The number of nitriles is 1. The van der Waals surface area contributed by atoms with Gasteiger partial charge >= 0.3 is 0 Å². The first-order valence-electron chi connectivity index (χ1n) is 5.59. The maximum atomic E-state index is 11.8. The summed E-state index contributed by atoms with van der Waals surface area (Å²) in [6.07, 6.45) is 0. The molecule has 0 aliphatic carbocycles. The average Bonchev–Trinajstić information content (AvgIpc) is 2.45. The van der Waals surface area contributed by atoms with Gasteiger partial charge in [0.15, 0.2) is 0 Å². The number of nitrogens with one attached hydrogen (secondary N) is 1. The van der Waals surface area contributed by atoms with Gasteiger partial charge in [0.25, 0.3) is 5.91 Å². The average molecular weight is 316 g/mol. The lowest BCUT2D eigenvalue weighted by Gasteiger charge is -2.05. The molecule has 1 heterocycles. The number of hydrogen-bond acceptors (Lipinski definition) is 3. The van der Waals surface area contributed by atoms with E-state index in [-0.39, 0.29) is 5.91 Å². The van der Waals surface area contributed by atoms with E-state index in [1.165, 1.54) is 0 Å². The molecule has 0 aliphatic rings. The lowest BCUT2D eigenvalue weighted by molar-refractivity contribution is 0.0946. The molecule has 1 amide bonds. The Bertz CT molecular complexity index is 632. The molecule has 2 rings (SSSR count). The van der Waals surface area contributed by atoms with Gasteiger partial charge in [0.2, 0.25) is 0 Å². The maximum Gasteiger partial charge on any atom is 0.270 e. The summed E-state index contributed by atoms with van der Waals surface area (Å²) in [4.78, 5) is 15.9. The summed E-state index contributed by atoms with van der Waals surface area (Å²) in [5, 5.41) is 11.5. The fourth-order valence-corrected chi connectivity index (χ4v) is 1.85. The molecule has 0 saturated heterocycles. The van der Waals surface area contributed by atoms with Crippen LogP contribution in [-0.2, 0) is 6.54 Å². The van der Waals surface area contributed by atoms with Gasteiger partial charge in [-0.1, -0.05) is 18.2 Å². The first kappa shape index (κ1) is 13.2. The minimum atomic E-state index is -0.231. The number of halogens is 1. The summed E-state index contributed by atoms with van der Waals surface area (Å²) in [5.74, 6) is -0.231. The normalized spacial score (nSPS) is 9.68. The molecule has 0 unspecified atom stereocenters. The van der Waals surface area contributed by atoms with Crippen LogP contribution in [0.3, 0.4) is 0 Å². The summed E-state index contributed by atoms with van der Waals surface area (Å²) in [6, 6.07) is 14.3. The first-order valence-corrected chi connectivity index (χ1v) is 6.38. The lowest BCUT2D eigenvalue weighted by Crippen LogP contribution is -2.23. The van der Waals surface area contributed by atoms with Crippen LogP contribution < -0.4 is 5.32 Å². The van der Waals surface area contributed by atoms with Crippen LogP contribution in [0, 0.1) is 11.3 Å². The Hall–Kier alpha value is -2.19. The molecule has 19 heavy (non-hydrogen) atoms. The zero-order chi connectivity index (χ0) is 13.7. The summed E-state index contributed by atoms with van der Waals surface area (Å²) in [6.45, 7) is 0.402. The van der Waals surface area contributed by atoms with Crippen molar-refractivity contribution in [2.24, 2.45) is 0 Å². The highest BCUT2D eigenvalue weighted by atomic mass is 79.9. The van der Waals surface area contributed by atoms with E-state index < -0.39 is 0 Å². The van der Waals surface area contributed by atoms with Crippen LogP contribution in [0.2, 0.25) is 0 Å². The molecule has 1 aromatic heterocycles. The zero-order valence-electron chi connectivity index (χ0n) is 9.93. The molecule has 0 spiro atoms. The summed E-state index contributed by atoms with van der Waals surface area (Å²) < 4.78 is 0.624. The van der Waals surface area contributed by atoms with Gasteiger partial charge in [0.1, 0.15) is 10.3 Å². The smallest absolute Gasteiger partial charge is 0.270 e. The van der Waals surface area contributed by atoms with Gasteiger partial charge < -0.3 is 5.32 Å². The summed E-state index contributed by atoms with van der Waals surface area (Å²) >= 11 is 3.22. The van der Waals surface area contributed by atoms with Crippen molar-refractivity contribution in [3.05, 3.63) is 63.9 Å². The third-order valence-electron chi connectivity index (χ3n) is 2.48. The number of rotatable bonds is 3. The monoisotopic (exact) mass is 315 g/mol. The second kappa shape index (κ2) is 6.12. The molecule has 1 aromatic carbocycles. The van der Waals surface area contributed by atoms with Crippen LogP contribution in [0.1, 0.15) is 21.6 Å². The highest BCUT2D eigenvalue weighted by Gasteiger charge is 2.06. The molecular weight excluding hydrogens is 306 g/mol. The quantitative estimate of drug-likeness (QED) is 0.885. The van der Waals surface area contributed by atoms with Crippen LogP contribution >= 0.6 is 15.9 Å². The Labute approximate surface area is 119 Å². The molecule has 0 fully saturated rings. The molecule has 2 aromatic rings. The van der Waals surface area contributed by atoms with Crippen LogP contribution in [0.25, 0.3) is 0 Å². The molecule has 94 valence electrons. The highest BCUT2D eigenvalue weighted by molar-refractivity contribution is 9.10. The fraction of sp³-hybridized carbons (Fsp3) is 0.0714. The Morgan fingerprint density at radius 1 is 1.26 bits per heavy atom. The number of hydrogen-bond donors (Lipinski definition) is 1. The summed E-state index contributed by atoms with van der Waals surface area (Å²) in [5.41, 5.74) is 1.90. The number of carbonyl (C=O) groups is 1. The van der Waals surface area contributed by atoms with Crippen molar-refractivity contribution in [3.8, 4) is 6.07 Å². The molecule has 0 bridgehead atoms. The minimum Gasteiger partial charge on any atom is -0.347 e. The predicted molar refractivity (Wildman–Crippen MR) is 74.3 cm³/mol. The van der Waals surface area contributed by atoms with Crippen molar-refractivity contribution in [1.82, 2.24) is 10.3 Å². The Morgan fingerprint density at radius 2 is 2.00 bits per heavy atom. The number of amides is 1. The van der Waals surface area contributed by atoms with Crippen molar-refractivity contribution < 1.29 is 4.79 Å². The highest BCUT2D eigenvalue weighted by Crippen LogP contribution is 2.07. The second-order valence-electron chi connectivity index (χ2n) is 3.84. The van der Waals surface area contributed by atoms with Crippen LogP contribution in [0.15, 0.2) is 47.1 Å². The van der Waals surface area contributed by atoms with Gasteiger partial charge in [-0.25, -0.2) is 4.98 Å². The maximum absolute atomic E-state index is 11.8. The number of aromatic nitrogens is 1.